The van der Waals surface area contributed by atoms with E-state index in [2.05, 4.69) is 0 Å². The van der Waals surface area contributed by atoms with Crippen molar-refractivity contribution in [1.82, 2.24) is 4.57 Å². The van der Waals surface area contributed by atoms with Crippen LogP contribution in [0.1, 0.15) is 12.0 Å². The van der Waals surface area contributed by atoms with Crippen molar-refractivity contribution >= 4 is 16.9 Å². The van der Waals surface area contributed by atoms with E-state index in [1.165, 1.54) is 7.11 Å². The van der Waals surface area contributed by atoms with Crippen molar-refractivity contribution in [1.29, 1.82) is 0 Å². The van der Waals surface area contributed by atoms with Crippen molar-refractivity contribution in [3.8, 4) is 11.5 Å². The van der Waals surface area contributed by atoms with Gasteiger partial charge >= 0.3 is 5.97 Å². The van der Waals surface area contributed by atoms with E-state index in [1.54, 1.807) is 14.2 Å². The predicted octanol–water partition coefficient (Wildman–Crippen LogP) is 1.72. The molecule has 0 saturated carbocycles. The zero-order chi connectivity index (χ0) is 16.1. The molecule has 0 aliphatic rings. The molecule has 0 fully saturated rings. The highest BCUT2D eigenvalue weighted by molar-refractivity contribution is 5.88. The Kier molecular flexibility index (Phi) is 5.27. The van der Waals surface area contributed by atoms with E-state index in [9.17, 15) is 4.79 Å². The standard InChI is InChI=1S/C16H22N2O4/c1-20-14-7-12-11(5-4-6-17)9-18(10-16(19)22-3)13(12)8-15(14)21-2/h7-9H,4-6,10,17H2,1-3H3. The van der Waals surface area contributed by atoms with Gasteiger partial charge in [-0.25, -0.2) is 0 Å². The molecule has 120 valence electrons. The van der Waals surface area contributed by atoms with Crippen molar-refractivity contribution in [2.45, 2.75) is 19.4 Å². The van der Waals surface area contributed by atoms with Gasteiger partial charge in [0.2, 0.25) is 0 Å². The Morgan fingerprint density at radius 1 is 1.18 bits per heavy atom. The smallest absolute Gasteiger partial charge is 0.325 e. The van der Waals surface area contributed by atoms with Crippen LogP contribution in [-0.4, -0.2) is 38.4 Å². The van der Waals surface area contributed by atoms with Gasteiger partial charge in [-0.05, 0) is 31.0 Å². The summed E-state index contributed by atoms with van der Waals surface area (Å²) in [6, 6.07) is 3.82. The number of rotatable bonds is 7. The Morgan fingerprint density at radius 3 is 2.45 bits per heavy atom. The minimum Gasteiger partial charge on any atom is -0.493 e. The number of hydrogen-bond donors (Lipinski definition) is 1. The van der Waals surface area contributed by atoms with E-state index in [4.69, 9.17) is 19.9 Å². The molecule has 2 rings (SSSR count). The Labute approximate surface area is 129 Å². The lowest BCUT2D eigenvalue weighted by Gasteiger charge is -2.09. The number of methoxy groups -OCH3 is 3. The van der Waals surface area contributed by atoms with Gasteiger partial charge in [0.25, 0.3) is 0 Å². The van der Waals surface area contributed by atoms with Crippen LogP contribution in [0.15, 0.2) is 18.3 Å². The lowest BCUT2D eigenvalue weighted by atomic mass is 10.1. The summed E-state index contributed by atoms with van der Waals surface area (Å²) in [6.07, 6.45) is 3.69. The van der Waals surface area contributed by atoms with Gasteiger partial charge in [0, 0.05) is 17.6 Å². The van der Waals surface area contributed by atoms with Gasteiger partial charge in [-0.2, -0.15) is 0 Å². The molecule has 2 N–H and O–H groups in total. The summed E-state index contributed by atoms with van der Waals surface area (Å²) in [5, 5.41) is 1.04. The Bertz CT molecular complexity index is 664. The fourth-order valence-electron chi connectivity index (χ4n) is 2.52. The number of fused-ring (bicyclic) bond motifs is 1. The van der Waals surface area contributed by atoms with Crippen LogP contribution in [0.2, 0.25) is 0 Å². The number of aryl methyl sites for hydroxylation is 1. The highest BCUT2D eigenvalue weighted by atomic mass is 16.5. The molecule has 0 aliphatic carbocycles. The first-order chi connectivity index (χ1) is 10.6. The summed E-state index contributed by atoms with van der Waals surface area (Å²) >= 11 is 0. The van der Waals surface area contributed by atoms with E-state index in [0.717, 1.165) is 29.3 Å². The van der Waals surface area contributed by atoms with E-state index in [-0.39, 0.29) is 12.5 Å². The van der Waals surface area contributed by atoms with Gasteiger partial charge in [0.15, 0.2) is 11.5 Å². The predicted molar refractivity (Wildman–Crippen MR) is 84.4 cm³/mol. The average Bonchev–Trinajstić information content (AvgIpc) is 2.88. The number of hydrogen-bond acceptors (Lipinski definition) is 5. The third-order valence-corrected chi connectivity index (χ3v) is 3.65. The maximum Gasteiger partial charge on any atom is 0.325 e. The zero-order valence-electron chi connectivity index (χ0n) is 13.2. The first-order valence-electron chi connectivity index (χ1n) is 7.15. The summed E-state index contributed by atoms with van der Waals surface area (Å²) in [5.74, 6) is 1.00. The van der Waals surface area contributed by atoms with Crippen LogP contribution >= 0.6 is 0 Å². The van der Waals surface area contributed by atoms with Crippen LogP contribution in [-0.2, 0) is 22.5 Å². The number of aromatic nitrogens is 1. The summed E-state index contributed by atoms with van der Waals surface area (Å²) in [5.41, 5.74) is 7.65. The van der Waals surface area contributed by atoms with E-state index in [0.29, 0.717) is 18.0 Å². The summed E-state index contributed by atoms with van der Waals surface area (Å²) in [7, 11) is 4.58. The first kappa shape index (κ1) is 16.2. The maximum atomic E-state index is 11.6. The molecule has 2 aromatic rings. The lowest BCUT2D eigenvalue weighted by Crippen LogP contribution is -2.10. The molecule has 6 heteroatoms. The maximum absolute atomic E-state index is 11.6. The fraction of sp³-hybridized carbons (Fsp3) is 0.438. The van der Waals surface area contributed by atoms with Gasteiger partial charge in [-0.3, -0.25) is 4.79 Å². The number of ether oxygens (including phenoxy) is 3. The quantitative estimate of drug-likeness (QED) is 0.788. The van der Waals surface area contributed by atoms with Crippen molar-refractivity contribution < 1.29 is 19.0 Å². The number of nitrogens with two attached hydrogens (primary N) is 1. The molecule has 1 heterocycles. The van der Waals surface area contributed by atoms with Crippen LogP contribution in [0, 0.1) is 0 Å². The minimum atomic E-state index is -0.294. The number of benzene rings is 1. The molecule has 0 bridgehead atoms. The van der Waals surface area contributed by atoms with Crippen LogP contribution in [0.25, 0.3) is 10.9 Å². The third kappa shape index (κ3) is 3.17. The highest BCUT2D eigenvalue weighted by Gasteiger charge is 2.15. The number of carbonyl (C=O) groups excluding carboxylic acids is 1. The fourth-order valence-corrected chi connectivity index (χ4v) is 2.52. The van der Waals surface area contributed by atoms with Crippen LogP contribution in [0.3, 0.4) is 0 Å². The van der Waals surface area contributed by atoms with Crippen molar-refractivity contribution in [2.75, 3.05) is 27.9 Å². The molecule has 22 heavy (non-hydrogen) atoms. The molecule has 1 aromatic heterocycles. The largest absolute Gasteiger partial charge is 0.493 e. The first-order valence-corrected chi connectivity index (χ1v) is 7.15. The second-order valence-electron chi connectivity index (χ2n) is 4.97. The van der Waals surface area contributed by atoms with Gasteiger partial charge in [-0.15, -0.1) is 0 Å². The molecule has 0 atom stereocenters. The van der Waals surface area contributed by atoms with E-state index in [1.807, 2.05) is 22.9 Å². The van der Waals surface area contributed by atoms with E-state index >= 15 is 0 Å². The monoisotopic (exact) mass is 306 g/mol. The molecule has 0 spiro atoms. The SMILES string of the molecule is COC(=O)Cn1cc(CCCN)c2cc(OC)c(OC)cc21. The molecular formula is C16H22N2O4. The molecule has 0 aliphatic heterocycles. The molecule has 0 unspecified atom stereocenters. The summed E-state index contributed by atoms with van der Waals surface area (Å²) in [6.45, 7) is 0.780. The van der Waals surface area contributed by atoms with Crippen LogP contribution in [0.5, 0.6) is 11.5 Å². The number of nitrogens with zero attached hydrogens (tertiary/aromatic N) is 1. The number of esters is 1. The van der Waals surface area contributed by atoms with Gasteiger partial charge in [0.05, 0.1) is 26.8 Å². The normalized spacial score (nSPS) is 10.7. The summed E-state index contributed by atoms with van der Waals surface area (Å²) in [4.78, 5) is 11.6. The molecule has 0 amide bonds. The Morgan fingerprint density at radius 2 is 1.86 bits per heavy atom. The van der Waals surface area contributed by atoms with Crippen LogP contribution in [0.4, 0.5) is 0 Å². The molecular weight excluding hydrogens is 284 g/mol. The van der Waals surface area contributed by atoms with Crippen molar-refractivity contribution in [3.05, 3.63) is 23.9 Å². The summed E-state index contributed by atoms with van der Waals surface area (Å²) < 4.78 is 17.3. The van der Waals surface area contributed by atoms with Gasteiger partial charge < -0.3 is 24.5 Å². The minimum absolute atomic E-state index is 0.158. The zero-order valence-corrected chi connectivity index (χ0v) is 13.2. The second kappa shape index (κ2) is 7.17. The van der Waals surface area contributed by atoms with Gasteiger partial charge in [-0.1, -0.05) is 0 Å². The van der Waals surface area contributed by atoms with Crippen molar-refractivity contribution in [3.63, 3.8) is 0 Å². The second-order valence-corrected chi connectivity index (χ2v) is 4.97. The highest BCUT2D eigenvalue weighted by Crippen LogP contribution is 2.35. The third-order valence-electron chi connectivity index (χ3n) is 3.65. The molecule has 1 aromatic carbocycles. The van der Waals surface area contributed by atoms with E-state index < -0.39 is 0 Å². The topological polar surface area (TPSA) is 75.7 Å². The molecule has 0 radical (unpaired) electrons. The number of carbonyl (C=O) groups is 1. The average molecular weight is 306 g/mol. The van der Waals surface area contributed by atoms with Gasteiger partial charge in [0.1, 0.15) is 6.54 Å². The van der Waals surface area contributed by atoms with Crippen molar-refractivity contribution in [2.24, 2.45) is 5.73 Å². The lowest BCUT2D eigenvalue weighted by molar-refractivity contribution is -0.141. The Balaban J connectivity index is 2.56. The molecule has 6 nitrogen and oxygen atoms in total. The van der Waals surface area contributed by atoms with Crippen LogP contribution < -0.4 is 15.2 Å². The molecule has 0 saturated heterocycles. The Hall–Kier alpha value is -2.21.